The van der Waals surface area contributed by atoms with Crippen LogP contribution in [-0.2, 0) is 11.2 Å². The molecule has 0 spiro atoms. The van der Waals surface area contributed by atoms with Crippen molar-refractivity contribution in [2.24, 2.45) is 5.73 Å². The lowest BCUT2D eigenvalue weighted by molar-refractivity contribution is 0.0600. The van der Waals surface area contributed by atoms with Crippen LogP contribution in [0.1, 0.15) is 15.9 Å². The van der Waals surface area contributed by atoms with Gasteiger partial charge in [-0.05, 0) is 30.7 Å². The Morgan fingerprint density at radius 1 is 1.38 bits per heavy atom. The third kappa shape index (κ3) is 3.40. The number of hydrogen-bond acceptors (Lipinski definition) is 4. The Bertz CT molecular complexity index is 355. The molecule has 1 aromatic rings. The first-order valence-electron chi connectivity index (χ1n) is 4.68. The quantitative estimate of drug-likeness (QED) is 0.815. The summed E-state index contributed by atoms with van der Waals surface area (Å²) in [6.07, 6.45) is 0.727. The molecule has 0 atom stereocenters. The minimum atomic E-state index is -0.368. The molecule has 0 aliphatic carbocycles. The minimum Gasteiger partial charge on any atom is -0.496 e. The lowest BCUT2D eigenvalue weighted by Crippen LogP contribution is -2.06. The van der Waals surface area contributed by atoms with Crippen LogP contribution in [0.5, 0.6) is 5.75 Å². The van der Waals surface area contributed by atoms with Gasteiger partial charge in [0.25, 0.3) is 0 Å². The molecule has 0 saturated heterocycles. The molecular formula is C11H16ClNO3. The largest absolute Gasteiger partial charge is 0.496 e. The van der Waals surface area contributed by atoms with Crippen molar-refractivity contribution in [2.75, 3.05) is 20.8 Å². The van der Waals surface area contributed by atoms with Gasteiger partial charge in [0.15, 0.2) is 0 Å². The average molecular weight is 246 g/mol. The molecule has 0 amide bonds. The number of methoxy groups -OCH3 is 2. The van der Waals surface area contributed by atoms with E-state index in [2.05, 4.69) is 4.74 Å². The van der Waals surface area contributed by atoms with Crippen LogP contribution in [0.3, 0.4) is 0 Å². The molecule has 0 aliphatic heterocycles. The molecule has 1 rings (SSSR count). The smallest absolute Gasteiger partial charge is 0.337 e. The maximum Gasteiger partial charge on any atom is 0.337 e. The van der Waals surface area contributed by atoms with E-state index in [4.69, 9.17) is 10.5 Å². The van der Waals surface area contributed by atoms with E-state index in [0.29, 0.717) is 17.9 Å². The van der Waals surface area contributed by atoms with E-state index in [1.54, 1.807) is 19.2 Å². The summed E-state index contributed by atoms with van der Waals surface area (Å²) in [5.41, 5.74) is 6.94. The predicted molar refractivity (Wildman–Crippen MR) is 64.3 cm³/mol. The molecule has 0 unspecified atom stereocenters. The lowest BCUT2D eigenvalue weighted by Gasteiger charge is -2.08. The number of halogens is 1. The van der Waals surface area contributed by atoms with Crippen LogP contribution < -0.4 is 10.5 Å². The van der Waals surface area contributed by atoms with Gasteiger partial charge >= 0.3 is 5.97 Å². The monoisotopic (exact) mass is 245 g/mol. The number of nitrogens with two attached hydrogens (primary N) is 1. The van der Waals surface area contributed by atoms with Gasteiger partial charge in [-0.3, -0.25) is 0 Å². The fourth-order valence-corrected chi connectivity index (χ4v) is 1.35. The second-order valence-electron chi connectivity index (χ2n) is 3.06. The highest BCUT2D eigenvalue weighted by molar-refractivity contribution is 5.89. The number of ether oxygens (including phenoxy) is 2. The Kier molecular flexibility index (Phi) is 6.53. The highest BCUT2D eigenvalue weighted by Crippen LogP contribution is 2.20. The first-order chi connectivity index (χ1) is 7.22. The van der Waals surface area contributed by atoms with Crippen molar-refractivity contribution < 1.29 is 14.3 Å². The molecule has 2 N–H and O–H groups in total. The molecule has 90 valence electrons. The van der Waals surface area contributed by atoms with Gasteiger partial charge in [-0.25, -0.2) is 4.79 Å². The second kappa shape index (κ2) is 7.09. The van der Waals surface area contributed by atoms with E-state index in [1.807, 2.05) is 6.07 Å². The molecular weight excluding hydrogens is 230 g/mol. The van der Waals surface area contributed by atoms with Gasteiger partial charge in [0.05, 0.1) is 19.8 Å². The van der Waals surface area contributed by atoms with Gasteiger partial charge in [0.2, 0.25) is 0 Å². The first-order valence-corrected chi connectivity index (χ1v) is 4.68. The molecule has 1 aromatic carbocycles. The van der Waals surface area contributed by atoms with Crippen LogP contribution in [0, 0.1) is 0 Å². The Labute approximate surface area is 101 Å². The molecule has 0 heterocycles. The Morgan fingerprint density at radius 2 is 2.06 bits per heavy atom. The van der Waals surface area contributed by atoms with E-state index in [9.17, 15) is 4.79 Å². The molecule has 0 aromatic heterocycles. The zero-order valence-electron chi connectivity index (χ0n) is 9.36. The summed E-state index contributed by atoms with van der Waals surface area (Å²) < 4.78 is 9.79. The average Bonchev–Trinajstić information content (AvgIpc) is 2.29. The van der Waals surface area contributed by atoms with Crippen molar-refractivity contribution in [3.63, 3.8) is 0 Å². The lowest BCUT2D eigenvalue weighted by atomic mass is 10.1. The van der Waals surface area contributed by atoms with Gasteiger partial charge in [-0.15, -0.1) is 12.4 Å². The van der Waals surface area contributed by atoms with Crippen LogP contribution in [0.15, 0.2) is 18.2 Å². The number of benzene rings is 1. The van der Waals surface area contributed by atoms with Crippen LogP contribution in [0.4, 0.5) is 0 Å². The van der Waals surface area contributed by atoms with Gasteiger partial charge in [0, 0.05) is 0 Å². The second-order valence-corrected chi connectivity index (χ2v) is 3.06. The third-order valence-electron chi connectivity index (χ3n) is 2.12. The van der Waals surface area contributed by atoms with Crippen molar-refractivity contribution in [1.82, 2.24) is 0 Å². The van der Waals surface area contributed by atoms with Crippen molar-refractivity contribution in [3.05, 3.63) is 29.3 Å². The molecule has 0 fully saturated rings. The number of rotatable bonds is 4. The number of carbonyl (C=O) groups is 1. The summed E-state index contributed by atoms with van der Waals surface area (Å²) in [7, 11) is 2.92. The van der Waals surface area contributed by atoms with E-state index in [1.165, 1.54) is 7.11 Å². The zero-order valence-corrected chi connectivity index (χ0v) is 10.2. The van der Waals surface area contributed by atoms with E-state index in [-0.39, 0.29) is 18.4 Å². The molecule has 0 aliphatic rings. The Morgan fingerprint density at radius 3 is 2.56 bits per heavy atom. The maximum absolute atomic E-state index is 11.2. The summed E-state index contributed by atoms with van der Waals surface area (Å²) in [4.78, 5) is 11.2. The summed E-state index contributed by atoms with van der Waals surface area (Å²) in [6.45, 7) is 0.550. The zero-order chi connectivity index (χ0) is 11.3. The predicted octanol–water partition coefficient (Wildman–Crippen LogP) is 1.40. The maximum atomic E-state index is 11.2. The summed E-state index contributed by atoms with van der Waals surface area (Å²) in [5, 5.41) is 0. The standard InChI is InChI=1S/C11H15NO3.ClH/c1-14-10-7-9(11(13)15-2)4-3-8(10)5-6-12;/h3-4,7H,5-6,12H2,1-2H3;1H. The number of esters is 1. The van der Waals surface area contributed by atoms with Crippen LogP contribution in [0.2, 0.25) is 0 Å². The summed E-state index contributed by atoms with van der Waals surface area (Å²) in [5.74, 6) is 0.302. The minimum absolute atomic E-state index is 0. The molecule has 0 radical (unpaired) electrons. The topological polar surface area (TPSA) is 61.5 Å². The molecule has 5 heteroatoms. The van der Waals surface area contributed by atoms with Gasteiger partial charge in [-0.2, -0.15) is 0 Å². The van der Waals surface area contributed by atoms with Crippen molar-refractivity contribution >= 4 is 18.4 Å². The number of hydrogen-bond donors (Lipinski definition) is 1. The van der Waals surface area contributed by atoms with Crippen LogP contribution in [-0.4, -0.2) is 26.7 Å². The number of carbonyl (C=O) groups excluding carboxylic acids is 1. The SMILES string of the molecule is COC(=O)c1ccc(CCN)c(OC)c1.Cl. The Balaban J connectivity index is 0.00000225. The molecule has 0 saturated carbocycles. The highest BCUT2D eigenvalue weighted by Gasteiger charge is 2.09. The molecule has 16 heavy (non-hydrogen) atoms. The van der Waals surface area contributed by atoms with Crippen LogP contribution >= 0.6 is 12.4 Å². The van der Waals surface area contributed by atoms with Crippen molar-refractivity contribution in [3.8, 4) is 5.75 Å². The fraction of sp³-hybridized carbons (Fsp3) is 0.364. The van der Waals surface area contributed by atoms with E-state index in [0.717, 1.165) is 12.0 Å². The third-order valence-corrected chi connectivity index (χ3v) is 2.12. The van der Waals surface area contributed by atoms with E-state index < -0.39 is 0 Å². The molecule has 0 bridgehead atoms. The molecule has 4 nitrogen and oxygen atoms in total. The van der Waals surface area contributed by atoms with Gasteiger partial charge in [-0.1, -0.05) is 6.07 Å². The Hall–Kier alpha value is -1.26. The highest BCUT2D eigenvalue weighted by atomic mass is 35.5. The van der Waals surface area contributed by atoms with Crippen molar-refractivity contribution in [2.45, 2.75) is 6.42 Å². The van der Waals surface area contributed by atoms with Crippen LogP contribution in [0.25, 0.3) is 0 Å². The summed E-state index contributed by atoms with van der Waals surface area (Å²) in [6, 6.07) is 5.20. The fourth-order valence-electron chi connectivity index (χ4n) is 1.35. The van der Waals surface area contributed by atoms with Crippen molar-refractivity contribution in [1.29, 1.82) is 0 Å². The van der Waals surface area contributed by atoms with Gasteiger partial charge < -0.3 is 15.2 Å². The van der Waals surface area contributed by atoms with E-state index >= 15 is 0 Å². The normalized spacial score (nSPS) is 9.19. The first kappa shape index (κ1) is 14.7. The van der Waals surface area contributed by atoms with Gasteiger partial charge in [0.1, 0.15) is 5.75 Å². The summed E-state index contributed by atoms with van der Waals surface area (Å²) >= 11 is 0.